The molecule has 2 nitrogen and oxygen atoms in total. The molecule has 0 bridgehead atoms. The van der Waals surface area contributed by atoms with Crippen LogP contribution in [0.5, 0.6) is 0 Å². The highest BCUT2D eigenvalue weighted by Crippen LogP contribution is 2.32. The van der Waals surface area contributed by atoms with Gasteiger partial charge in [0.15, 0.2) is 5.13 Å². The lowest BCUT2D eigenvalue weighted by atomic mass is 10.4. The molecule has 0 saturated heterocycles. The van der Waals surface area contributed by atoms with Crippen LogP contribution in [0.4, 0.5) is 5.13 Å². The van der Waals surface area contributed by atoms with Gasteiger partial charge in [0, 0.05) is 16.3 Å². The molecule has 15 heavy (non-hydrogen) atoms. The van der Waals surface area contributed by atoms with E-state index in [2.05, 4.69) is 34.7 Å². The molecule has 1 fully saturated rings. The third-order valence-corrected chi connectivity index (χ3v) is 4.20. The van der Waals surface area contributed by atoms with Crippen molar-refractivity contribution in [3.63, 3.8) is 0 Å². The van der Waals surface area contributed by atoms with Gasteiger partial charge in [-0.25, -0.2) is 4.98 Å². The summed E-state index contributed by atoms with van der Waals surface area (Å²) in [6.07, 6.45) is 2.60. The summed E-state index contributed by atoms with van der Waals surface area (Å²) in [5.41, 5.74) is 1.11. The first kappa shape index (κ1) is 9.36. The predicted molar refractivity (Wildman–Crippen MR) is 66.8 cm³/mol. The zero-order valence-electron chi connectivity index (χ0n) is 8.49. The first-order chi connectivity index (χ1) is 7.31. The van der Waals surface area contributed by atoms with Gasteiger partial charge >= 0.3 is 0 Å². The molecule has 0 unspecified atom stereocenters. The lowest BCUT2D eigenvalue weighted by molar-refractivity contribution is 1.14. The summed E-state index contributed by atoms with van der Waals surface area (Å²) < 4.78 is 0. The fourth-order valence-electron chi connectivity index (χ4n) is 1.43. The second-order valence-corrected chi connectivity index (χ2v) is 6.01. The topological polar surface area (TPSA) is 24.9 Å². The summed E-state index contributed by atoms with van der Waals surface area (Å²) in [6, 6.07) is 4.98. The first-order valence-corrected chi connectivity index (χ1v) is 6.80. The molecule has 4 heteroatoms. The van der Waals surface area contributed by atoms with Crippen LogP contribution in [0.1, 0.15) is 17.7 Å². The second kappa shape index (κ2) is 3.61. The Labute approximate surface area is 97.0 Å². The minimum absolute atomic E-state index is 0.689. The Morgan fingerprint density at radius 1 is 1.40 bits per heavy atom. The van der Waals surface area contributed by atoms with Crippen molar-refractivity contribution in [3.05, 3.63) is 22.4 Å². The van der Waals surface area contributed by atoms with E-state index in [0.717, 1.165) is 10.8 Å². The van der Waals surface area contributed by atoms with Crippen molar-refractivity contribution in [1.29, 1.82) is 0 Å². The quantitative estimate of drug-likeness (QED) is 0.877. The average molecular weight is 236 g/mol. The van der Waals surface area contributed by atoms with Crippen LogP contribution in [-0.4, -0.2) is 11.0 Å². The molecule has 1 aliphatic rings. The van der Waals surface area contributed by atoms with Gasteiger partial charge in [0.25, 0.3) is 0 Å². The van der Waals surface area contributed by atoms with Crippen molar-refractivity contribution < 1.29 is 0 Å². The van der Waals surface area contributed by atoms with E-state index in [1.165, 1.54) is 22.6 Å². The minimum Gasteiger partial charge on any atom is -0.359 e. The number of aryl methyl sites for hydroxylation is 1. The molecule has 2 aromatic heterocycles. The van der Waals surface area contributed by atoms with Crippen LogP contribution in [0.15, 0.2) is 17.5 Å². The highest BCUT2D eigenvalue weighted by atomic mass is 32.1. The van der Waals surface area contributed by atoms with Crippen LogP contribution in [0.3, 0.4) is 0 Å². The van der Waals surface area contributed by atoms with Gasteiger partial charge in [0.2, 0.25) is 0 Å². The molecule has 3 rings (SSSR count). The molecule has 0 spiro atoms. The third kappa shape index (κ3) is 2.06. The molecular formula is C11H12N2S2. The van der Waals surface area contributed by atoms with Gasteiger partial charge < -0.3 is 5.32 Å². The smallest absolute Gasteiger partial charge is 0.183 e. The van der Waals surface area contributed by atoms with Crippen molar-refractivity contribution in [1.82, 2.24) is 4.98 Å². The lowest BCUT2D eigenvalue weighted by Gasteiger charge is -1.95. The van der Waals surface area contributed by atoms with E-state index in [0.29, 0.717) is 6.04 Å². The van der Waals surface area contributed by atoms with Gasteiger partial charge in [0.1, 0.15) is 0 Å². The number of nitrogens with zero attached hydrogens (tertiary/aromatic N) is 1. The van der Waals surface area contributed by atoms with E-state index in [-0.39, 0.29) is 0 Å². The molecular weight excluding hydrogens is 224 g/mol. The van der Waals surface area contributed by atoms with Gasteiger partial charge in [-0.3, -0.25) is 0 Å². The highest BCUT2D eigenvalue weighted by molar-refractivity contribution is 7.16. The molecule has 2 aromatic rings. The molecule has 1 N–H and O–H groups in total. The minimum atomic E-state index is 0.689. The zero-order valence-corrected chi connectivity index (χ0v) is 10.1. The number of nitrogens with one attached hydrogen (secondary N) is 1. The van der Waals surface area contributed by atoms with Gasteiger partial charge in [0.05, 0.1) is 10.6 Å². The maximum absolute atomic E-state index is 4.59. The second-order valence-electron chi connectivity index (χ2n) is 3.87. The SMILES string of the molecule is Cc1ccc(-c2csc(NC3CC3)n2)s1. The third-order valence-electron chi connectivity index (χ3n) is 2.40. The molecule has 2 heterocycles. The summed E-state index contributed by atoms with van der Waals surface area (Å²) >= 11 is 3.51. The van der Waals surface area contributed by atoms with Crippen LogP contribution in [0.25, 0.3) is 10.6 Å². The van der Waals surface area contributed by atoms with Crippen LogP contribution >= 0.6 is 22.7 Å². The van der Waals surface area contributed by atoms with Gasteiger partial charge in [-0.05, 0) is 31.9 Å². The average Bonchev–Trinajstić information content (AvgIpc) is 2.74. The highest BCUT2D eigenvalue weighted by Gasteiger charge is 2.22. The Hall–Kier alpha value is -0.870. The van der Waals surface area contributed by atoms with E-state index >= 15 is 0 Å². The number of aromatic nitrogens is 1. The molecule has 1 aliphatic carbocycles. The molecule has 0 aliphatic heterocycles. The van der Waals surface area contributed by atoms with Crippen molar-refractivity contribution in [3.8, 4) is 10.6 Å². The van der Waals surface area contributed by atoms with Crippen molar-refractivity contribution >= 4 is 27.8 Å². The fraction of sp³-hybridized carbons (Fsp3) is 0.364. The van der Waals surface area contributed by atoms with Crippen molar-refractivity contribution in [2.45, 2.75) is 25.8 Å². The molecule has 0 amide bonds. The van der Waals surface area contributed by atoms with Gasteiger partial charge in [-0.1, -0.05) is 0 Å². The molecule has 0 aromatic carbocycles. The Kier molecular flexibility index (Phi) is 2.25. The molecule has 1 saturated carbocycles. The van der Waals surface area contributed by atoms with E-state index < -0.39 is 0 Å². The summed E-state index contributed by atoms with van der Waals surface area (Å²) in [4.78, 5) is 7.21. The van der Waals surface area contributed by atoms with Crippen molar-refractivity contribution in [2.24, 2.45) is 0 Å². The largest absolute Gasteiger partial charge is 0.359 e. The Bertz CT molecular complexity index is 468. The first-order valence-electron chi connectivity index (χ1n) is 5.10. The Morgan fingerprint density at radius 2 is 2.27 bits per heavy atom. The van der Waals surface area contributed by atoms with E-state index in [1.54, 1.807) is 22.7 Å². The summed E-state index contributed by atoms with van der Waals surface area (Å²) in [6.45, 7) is 2.13. The lowest BCUT2D eigenvalue weighted by Crippen LogP contribution is -1.99. The normalized spacial score (nSPS) is 15.5. The predicted octanol–water partition coefficient (Wildman–Crippen LogP) is 3.75. The van der Waals surface area contributed by atoms with Crippen LogP contribution in [0, 0.1) is 6.92 Å². The maximum Gasteiger partial charge on any atom is 0.183 e. The number of hydrogen-bond donors (Lipinski definition) is 1. The van der Waals surface area contributed by atoms with E-state index in [9.17, 15) is 0 Å². The number of thiophene rings is 1. The standard InChI is InChI=1S/C11H12N2S2/c1-7-2-5-10(15-7)9-6-14-11(13-9)12-8-3-4-8/h2,5-6,8H,3-4H2,1H3,(H,12,13). The number of hydrogen-bond acceptors (Lipinski definition) is 4. The molecule has 0 atom stereocenters. The zero-order chi connectivity index (χ0) is 10.3. The summed E-state index contributed by atoms with van der Waals surface area (Å²) in [5.74, 6) is 0. The van der Waals surface area contributed by atoms with Crippen LogP contribution in [0.2, 0.25) is 0 Å². The Morgan fingerprint density at radius 3 is 2.93 bits per heavy atom. The Balaban J connectivity index is 1.82. The van der Waals surface area contributed by atoms with E-state index in [4.69, 9.17) is 0 Å². The van der Waals surface area contributed by atoms with Crippen molar-refractivity contribution in [2.75, 3.05) is 5.32 Å². The number of thiazole rings is 1. The number of anilines is 1. The maximum atomic E-state index is 4.59. The fourth-order valence-corrected chi connectivity index (χ4v) is 3.12. The van der Waals surface area contributed by atoms with E-state index in [1.807, 2.05) is 0 Å². The monoisotopic (exact) mass is 236 g/mol. The van der Waals surface area contributed by atoms with Crippen LogP contribution in [-0.2, 0) is 0 Å². The molecule has 78 valence electrons. The molecule has 0 radical (unpaired) electrons. The summed E-state index contributed by atoms with van der Waals surface area (Å²) in [5, 5.41) is 6.63. The van der Waals surface area contributed by atoms with Crippen LogP contribution < -0.4 is 5.32 Å². The van der Waals surface area contributed by atoms with Gasteiger partial charge in [-0.2, -0.15) is 0 Å². The van der Waals surface area contributed by atoms with Gasteiger partial charge in [-0.15, -0.1) is 22.7 Å². The summed E-state index contributed by atoms with van der Waals surface area (Å²) in [7, 11) is 0. The number of rotatable bonds is 3.